The number of hydrogen-bond acceptors (Lipinski definition) is 7. The van der Waals surface area contributed by atoms with Crippen LogP contribution in [0.2, 0.25) is 0 Å². The van der Waals surface area contributed by atoms with E-state index in [1.165, 1.54) is 7.11 Å². The van der Waals surface area contributed by atoms with E-state index in [9.17, 15) is 14.4 Å². The quantitative estimate of drug-likeness (QED) is 0.169. The van der Waals surface area contributed by atoms with Gasteiger partial charge in [0, 0.05) is 28.7 Å². The van der Waals surface area contributed by atoms with Gasteiger partial charge in [-0.2, -0.15) is 0 Å². The molecule has 48 heavy (non-hydrogen) atoms. The van der Waals surface area contributed by atoms with Gasteiger partial charge in [0.2, 0.25) is 5.91 Å². The van der Waals surface area contributed by atoms with Crippen LogP contribution in [0.25, 0.3) is 33.4 Å². The SMILES string of the molecule is COC(=O)N[C@@H](C(=O)N1CCC[C@H]1C(=O)Nc1ccc(-c2ccc3cc(-c4cnc([C@@H]5CCCN5)[nH]4)ccc3n2)cc1)c1ccccc1. The highest BCUT2D eigenvalue weighted by Crippen LogP contribution is 2.29. The number of imidazole rings is 1. The van der Waals surface area contributed by atoms with Gasteiger partial charge in [-0.3, -0.25) is 9.59 Å². The summed E-state index contributed by atoms with van der Waals surface area (Å²) < 4.78 is 4.76. The number of aromatic nitrogens is 3. The third-order valence-corrected chi connectivity index (χ3v) is 9.10. The Kier molecular flexibility index (Phi) is 8.84. The highest BCUT2D eigenvalue weighted by molar-refractivity contribution is 5.99. The van der Waals surface area contributed by atoms with Crippen molar-refractivity contribution in [3.63, 3.8) is 0 Å². The number of alkyl carbamates (subject to hydrolysis) is 1. The summed E-state index contributed by atoms with van der Waals surface area (Å²) in [5.41, 5.74) is 5.90. The molecule has 11 nitrogen and oxygen atoms in total. The van der Waals surface area contributed by atoms with Gasteiger partial charge in [-0.05, 0) is 68.1 Å². The number of hydrogen-bond donors (Lipinski definition) is 4. The zero-order valence-corrected chi connectivity index (χ0v) is 26.6. The topological polar surface area (TPSA) is 141 Å². The molecule has 5 aromatic rings. The van der Waals surface area contributed by atoms with Crippen LogP contribution < -0.4 is 16.0 Å². The first kappa shape index (κ1) is 31.1. The number of H-pyrrole nitrogens is 1. The van der Waals surface area contributed by atoms with Crippen molar-refractivity contribution in [2.75, 3.05) is 25.5 Å². The summed E-state index contributed by atoms with van der Waals surface area (Å²) in [6.45, 7) is 1.44. The van der Waals surface area contributed by atoms with E-state index in [0.717, 1.165) is 58.6 Å². The van der Waals surface area contributed by atoms with Gasteiger partial charge in [0.1, 0.15) is 17.9 Å². The Bertz CT molecular complexity index is 1940. The molecule has 2 fully saturated rings. The third kappa shape index (κ3) is 6.50. The molecule has 3 aromatic carbocycles. The van der Waals surface area contributed by atoms with E-state index < -0.39 is 18.2 Å². The van der Waals surface area contributed by atoms with Gasteiger partial charge in [0.15, 0.2) is 0 Å². The van der Waals surface area contributed by atoms with Crippen LogP contribution in [0.5, 0.6) is 0 Å². The average Bonchev–Trinajstić information content (AvgIpc) is 3.93. The Labute approximate surface area is 278 Å². The van der Waals surface area contributed by atoms with E-state index >= 15 is 0 Å². The molecule has 0 aliphatic carbocycles. The number of ether oxygens (including phenoxy) is 1. The zero-order valence-electron chi connectivity index (χ0n) is 26.6. The summed E-state index contributed by atoms with van der Waals surface area (Å²) >= 11 is 0. The maximum Gasteiger partial charge on any atom is 0.407 e. The van der Waals surface area contributed by atoms with Crippen molar-refractivity contribution in [1.82, 2.24) is 30.5 Å². The first-order valence-electron chi connectivity index (χ1n) is 16.3. The Hall–Kier alpha value is -5.55. The van der Waals surface area contributed by atoms with Crippen molar-refractivity contribution in [1.29, 1.82) is 0 Å². The van der Waals surface area contributed by atoms with Gasteiger partial charge in [0.25, 0.3) is 5.91 Å². The molecule has 4 heterocycles. The molecule has 244 valence electrons. The van der Waals surface area contributed by atoms with Crippen molar-refractivity contribution < 1.29 is 19.1 Å². The summed E-state index contributed by atoms with van der Waals surface area (Å²) in [7, 11) is 1.25. The summed E-state index contributed by atoms with van der Waals surface area (Å²) in [5, 5.41) is 10.1. The van der Waals surface area contributed by atoms with E-state index in [1.54, 1.807) is 29.2 Å². The first-order chi connectivity index (χ1) is 23.5. The molecule has 3 atom stereocenters. The Balaban J connectivity index is 1.02. The number of carbonyl (C=O) groups excluding carboxylic acids is 3. The number of rotatable bonds is 8. The van der Waals surface area contributed by atoms with E-state index in [-0.39, 0.29) is 11.8 Å². The normalized spacial score (nSPS) is 18.1. The van der Waals surface area contributed by atoms with Crippen molar-refractivity contribution >= 4 is 34.5 Å². The predicted molar refractivity (Wildman–Crippen MR) is 183 cm³/mol. The van der Waals surface area contributed by atoms with Crippen LogP contribution >= 0.6 is 0 Å². The van der Waals surface area contributed by atoms with Crippen molar-refractivity contribution in [3.05, 3.63) is 103 Å². The molecule has 2 saturated heterocycles. The number of carbonyl (C=O) groups is 3. The van der Waals surface area contributed by atoms with E-state index in [1.807, 2.05) is 48.7 Å². The number of amides is 3. The zero-order chi connectivity index (χ0) is 33.0. The van der Waals surface area contributed by atoms with Crippen LogP contribution in [0, 0.1) is 0 Å². The maximum absolute atomic E-state index is 13.7. The number of nitrogens with zero attached hydrogens (tertiary/aromatic N) is 3. The fraction of sp³-hybridized carbons (Fsp3) is 0.270. The minimum Gasteiger partial charge on any atom is -0.453 e. The van der Waals surface area contributed by atoms with Gasteiger partial charge in [0.05, 0.1) is 36.3 Å². The summed E-state index contributed by atoms with van der Waals surface area (Å²) in [5.74, 6) is 0.348. The van der Waals surface area contributed by atoms with Crippen LogP contribution in [-0.4, -0.2) is 64.0 Å². The lowest BCUT2D eigenvalue weighted by molar-refractivity contribution is -0.138. The Morgan fingerprint density at radius 2 is 1.75 bits per heavy atom. The van der Waals surface area contributed by atoms with Gasteiger partial charge in [-0.1, -0.05) is 54.6 Å². The number of aromatic amines is 1. The number of nitrogens with one attached hydrogen (secondary N) is 4. The monoisotopic (exact) mass is 643 g/mol. The number of pyridine rings is 1. The lowest BCUT2D eigenvalue weighted by atomic mass is 10.0. The number of benzene rings is 3. The van der Waals surface area contributed by atoms with Crippen LogP contribution in [-0.2, 0) is 14.3 Å². The standard InChI is InChI=1S/C37H37N7O4/c1-48-37(47)43-33(24-7-3-2-4-8-24)36(46)44-20-6-10-32(44)35(45)40-27-15-11-23(12-16-27)28-17-13-25-21-26(14-18-29(25)41-28)31-22-39-34(42-31)30-9-5-19-38-30/h2-4,7-8,11-18,21-22,30,32-33,38H,5-6,9-10,19-20H2,1H3,(H,39,42)(H,40,45)(H,43,47)/t30-,32-,33+/m0/s1. The second-order valence-corrected chi connectivity index (χ2v) is 12.2. The summed E-state index contributed by atoms with van der Waals surface area (Å²) in [6, 6.07) is 25.4. The third-order valence-electron chi connectivity index (χ3n) is 9.10. The molecule has 2 aromatic heterocycles. The van der Waals surface area contributed by atoms with Gasteiger partial charge < -0.3 is 30.6 Å². The number of methoxy groups -OCH3 is 1. The lowest BCUT2D eigenvalue weighted by Crippen LogP contribution is -2.48. The van der Waals surface area contributed by atoms with Crippen LogP contribution in [0.15, 0.2) is 91.1 Å². The molecule has 0 spiro atoms. The molecule has 3 amide bonds. The van der Waals surface area contributed by atoms with Crippen LogP contribution in [0.4, 0.5) is 10.5 Å². The maximum atomic E-state index is 13.7. The number of anilines is 1. The summed E-state index contributed by atoms with van der Waals surface area (Å²) in [4.78, 5) is 53.7. The molecule has 0 bridgehead atoms. The molecular formula is C37H37N7O4. The molecular weight excluding hydrogens is 606 g/mol. The van der Waals surface area contributed by atoms with E-state index in [0.29, 0.717) is 36.7 Å². The summed E-state index contributed by atoms with van der Waals surface area (Å²) in [6.07, 6.45) is 4.64. The molecule has 2 aliphatic rings. The highest BCUT2D eigenvalue weighted by Gasteiger charge is 2.38. The fourth-order valence-corrected chi connectivity index (χ4v) is 6.56. The average molecular weight is 644 g/mol. The van der Waals surface area contributed by atoms with Crippen LogP contribution in [0.1, 0.15) is 49.2 Å². The molecule has 11 heteroatoms. The van der Waals surface area contributed by atoms with E-state index in [2.05, 4.69) is 44.1 Å². The molecule has 0 radical (unpaired) electrons. The molecule has 4 N–H and O–H groups in total. The van der Waals surface area contributed by atoms with Gasteiger partial charge >= 0.3 is 6.09 Å². The van der Waals surface area contributed by atoms with E-state index in [4.69, 9.17) is 9.72 Å². The first-order valence-corrected chi connectivity index (χ1v) is 16.3. The minimum atomic E-state index is -0.968. The Morgan fingerprint density at radius 1 is 0.938 bits per heavy atom. The molecule has 2 aliphatic heterocycles. The van der Waals surface area contributed by atoms with Gasteiger partial charge in [-0.15, -0.1) is 0 Å². The fourth-order valence-electron chi connectivity index (χ4n) is 6.56. The lowest BCUT2D eigenvalue weighted by Gasteiger charge is -2.28. The van der Waals surface area contributed by atoms with Crippen molar-refractivity contribution in [3.8, 4) is 22.5 Å². The van der Waals surface area contributed by atoms with Crippen LogP contribution in [0.3, 0.4) is 0 Å². The Morgan fingerprint density at radius 3 is 2.52 bits per heavy atom. The highest BCUT2D eigenvalue weighted by atomic mass is 16.5. The smallest absolute Gasteiger partial charge is 0.407 e. The second-order valence-electron chi connectivity index (χ2n) is 12.2. The number of fused-ring (bicyclic) bond motifs is 1. The van der Waals surface area contributed by atoms with Crippen molar-refractivity contribution in [2.45, 2.75) is 43.8 Å². The van der Waals surface area contributed by atoms with Crippen molar-refractivity contribution in [2.24, 2.45) is 0 Å². The largest absolute Gasteiger partial charge is 0.453 e. The minimum absolute atomic E-state index is 0.276. The predicted octanol–water partition coefficient (Wildman–Crippen LogP) is 5.74. The molecule has 7 rings (SSSR count). The molecule has 0 saturated carbocycles. The van der Waals surface area contributed by atoms with Gasteiger partial charge in [-0.25, -0.2) is 14.8 Å². The number of likely N-dealkylation sites (tertiary alicyclic amines) is 1. The second kappa shape index (κ2) is 13.7. The molecule has 0 unspecified atom stereocenters.